The van der Waals surface area contributed by atoms with Crippen LogP contribution in [-0.4, -0.2) is 4.02 Å². The van der Waals surface area contributed by atoms with Crippen molar-refractivity contribution < 1.29 is 50.5 Å². The van der Waals surface area contributed by atoms with Gasteiger partial charge >= 0.3 is 83.5 Å². The Balaban J connectivity index is 0.000000845. The number of fused-ring (bicyclic) bond motifs is 1. The molecule has 13 heavy (non-hydrogen) atoms. The van der Waals surface area contributed by atoms with Crippen LogP contribution in [0, 0.1) is 31.1 Å². The van der Waals surface area contributed by atoms with Gasteiger partial charge in [0.15, 0.2) is 0 Å². The van der Waals surface area contributed by atoms with E-state index in [1.54, 1.807) is 0 Å². The van der Waals surface area contributed by atoms with Crippen LogP contribution in [0.3, 0.4) is 0 Å². The van der Waals surface area contributed by atoms with Crippen LogP contribution in [-0.2, 0) is 25.8 Å². The Labute approximate surface area is 113 Å². The molecule has 1 aliphatic rings. The zero-order valence-electron chi connectivity index (χ0n) is 7.29. The quantitative estimate of drug-likeness (QED) is 0.459. The molecule has 0 aliphatic carbocycles. The molecule has 0 unspecified atom stereocenters. The monoisotopic (exact) mass is 566 g/mol. The Hall–Kier alpha value is 0.630. The topological polar surface area (TPSA) is 14.1 Å². The number of nitrogens with zero attached hydrogens (tertiary/aromatic N) is 1. The van der Waals surface area contributed by atoms with Crippen molar-refractivity contribution in [1.29, 1.82) is 0 Å². The number of hydrogen-bond donors (Lipinski definition) is 0. The van der Waals surface area contributed by atoms with Crippen LogP contribution in [0.15, 0.2) is 24.3 Å². The molecule has 66 valence electrons. The predicted octanol–water partition coefficient (Wildman–Crippen LogP) is 2.70. The molecule has 0 saturated carbocycles. The van der Waals surface area contributed by atoms with E-state index in [4.69, 9.17) is 0 Å². The molecular weight excluding hydrogens is 556 g/mol. The zero-order chi connectivity index (χ0) is 8.39. The SMILES string of the molecule is [U].[W]=[C]1CCCc2ccccc2[N-]1. The van der Waals surface area contributed by atoms with Crippen molar-refractivity contribution in [3.05, 3.63) is 35.1 Å². The van der Waals surface area contributed by atoms with Crippen molar-refractivity contribution >= 4 is 9.71 Å². The summed E-state index contributed by atoms with van der Waals surface area (Å²) in [7, 11) is 0. The second-order valence-corrected chi connectivity index (χ2v) is 4.68. The van der Waals surface area contributed by atoms with Gasteiger partial charge in [0.2, 0.25) is 0 Å². The molecule has 1 aromatic carbocycles. The van der Waals surface area contributed by atoms with Gasteiger partial charge in [0.05, 0.1) is 0 Å². The molecule has 0 aromatic heterocycles. The summed E-state index contributed by atoms with van der Waals surface area (Å²) in [5.41, 5.74) is 2.61. The van der Waals surface area contributed by atoms with Crippen LogP contribution >= 0.6 is 0 Å². The molecule has 0 bridgehead atoms. The van der Waals surface area contributed by atoms with Crippen LogP contribution in [0.25, 0.3) is 5.32 Å². The Kier molecular flexibility index (Phi) is 4.95. The van der Waals surface area contributed by atoms with Gasteiger partial charge in [0, 0.05) is 31.1 Å². The van der Waals surface area contributed by atoms with Crippen LogP contribution < -0.4 is 0 Å². The maximum atomic E-state index is 4.59. The number of aryl methyl sites for hydroxylation is 1. The van der Waals surface area contributed by atoms with E-state index in [1.807, 2.05) is 0 Å². The zero-order valence-corrected chi connectivity index (χ0v) is 14.4. The maximum absolute atomic E-state index is 4.59. The van der Waals surface area contributed by atoms with E-state index in [0.717, 1.165) is 0 Å². The average Bonchev–Trinajstić information content (AvgIpc) is 2.25. The van der Waals surface area contributed by atoms with E-state index in [2.05, 4.69) is 29.6 Å². The summed E-state index contributed by atoms with van der Waals surface area (Å²) in [5.74, 6) is 0. The first-order valence-electron chi connectivity index (χ1n) is 4.19. The third kappa shape index (κ3) is 3.05. The van der Waals surface area contributed by atoms with Crippen molar-refractivity contribution in [2.45, 2.75) is 19.3 Å². The predicted molar refractivity (Wildman–Crippen MR) is 47.4 cm³/mol. The van der Waals surface area contributed by atoms with Gasteiger partial charge in [0.25, 0.3) is 0 Å². The van der Waals surface area contributed by atoms with Crippen LogP contribution in [0.1, 0.15) is 18.4 Å². The fourth-order valence-electron chi connectivity index (χ4n) is 1.45. The normalized spacial score (nSPS) is 14.9. The third-order valence-corrected chi connectivity index (χ3v) is 3.13. The van der Waals surface area contributed by atoms with Gasteiger partial charge in [-0.15, -0.1) is 0 Å². The molecule has 0 saturated heterocycles. The summed E-state index contributed by atoms with van der Waals surface area (Å²) in [6.45, 7) is 0. The fraction of sp³-hybridized carbons (Fsp3) is 0.300. The molecule has 2 rings (SSSR count). The Morgan fingerprint density at radius 1 is 1.15 bits per heavy atom. The molecule has 1 aromatic rings. The Bertz CT molecular complexity index is 312. The minimum absolute atomic E-state index is 0. The van der Waals surface area contributed by atoms with Crippen LogP contribution in [0.2, 0.25) is 0 Å². The van der Waals surface area contributed by atoms with Crippen molar-refractivity contribution in [3.8, 4) is 0 Å². The van der Waals surface area contributed by atoms with E-state index in [-0.39, 0.29) is 31.1 Å². The van der Waals surface area contributed by atoms with Gasteiger partial charge in [-0.1, -0.05) is 0 Å². The van der Waals surface area contributed by atoms with Crippen molar-refractivity contribution in [2.24, 2.45) is 0 Å². The Morgan fingerprint density at radius 2 is 1.92 bits per heavy atom. The second-order valence-electron chi connectivity index (χ2n) is 2.99. The first-order chi connectivity index (χ1) is 5.86. The summed E-state index contributed by atoms with van der Waals surface area (Å²) in [6.07, 6.45) is 3.64. The van der Waals surface area contributed by atoms with Crippen LogP contribution in [0.5, 0.6) is 0 Å². The van der Waals surface area contributed by atoms with Crippen molar-refractivity contribution in [3.63, 3.8) is 0 Å². The van der Waals surface area contributed by atoms with Gasteiger partial charge in [-0.2, -0.15) is 0 Å². The summed E-state index contributed by atoms with van der Waals surface area (Å²) < 4.78 is 1.35. The molecule has 1 aliphatic heterocycles. The van der Waals surface area contributed by atoms with Gasteiger partial charge in [-0.3, -0.25) is 0 Å². The molecule has 1 heterocycles. The third-order valence-electron chi connectivity index (χ3n) is 2.07. The summed E-state index contributed by atoms with van der Waals surface area (Å²) in [4.78, 5) is 0. The number of para-hydroxylation sites is 1. The van der Waals surface area contributed by atoms with Crippen molar-refractivity contribution in [2.75, 3.05) is 0 Å². The first-order valence-corrected chi connectivity index (χ1v) is 5.65. The molecular formula is C10H10NUW-. The summed E-state index contributed by atoms with van der Waals surface area (Å²) in [5, 5.41) is 4.59. The second kappa shape index (κ2) is 5.50. The fourth-order valence-corrected chi connectivity index (χ4v) is 2.32. The molecule has 0 fully saturated rings. The average molecular weight is 566 g/mol. The molecule has 1 nitrogen and oxygen atoms in total. The molecule has 3 heteroatoms. The van der Waals surface area contributed by atoms with Crippen molar-refractivity contribution in [1.82, 2.24) is 0 Å². The molecule has 0 atom stereocenters. The van der Waals surface area contributed by atoms with E-state index in [9.17, 15) is 0 Å². The summed E-state index contributed by atoms with van der Waals surface area (Å²) in [6, 6.07) is 8.47. The number of benzene rings is 1. The van der Waals surface area contributed by atoms with Gasteiger partial charge in [-0.25, -0.2) is 0 Å². The van der Waals surface area contributed by atoms with Crippen LogP contribution in [0.4, 0.5) is 5.69 Å². The van der Waals surface area contributed by atoms with E-state index >= 15 is 0 Å². The Morgan fingerprint density at radius 3 is 2.77 bits per heavy atom. The van der Waals surface area contributed by atoms with Gasteiger partial charge < -0.3 is 0 Å². The van der Waals surface area contributed by atoms with Gasteiger partial charge in [0.1, 0.15) is 0 Å². The van der Waals surface area contributed by atoms with E-state index < -0.39 is 0 Å². The molecule has 0 amide bonds. The number of hydrogen-bond acceptors (Lipinski definition) is 0. The molecule has 0 spiro atoms. The van der Waals surface area contributed by atoms with Gasteiger partial charge in [-0.05, 0) is 0 Å². The van der Waals surface area contributed by atoms with E-state index in [0.29, 0.717) is 0 Å². The standard InChI is InChI=1S/C10H10N.U.W/c1-2-7-10-9(5-1)6-3-4-8-11-10;;/h1-2,5,7H,3-4,6H2;;/q-1;;. The number of rotatable bonds is 0. The van der Waals surface area contributed by atoms with E-state index in [1.165, 1.54) is 53.9 Å². The molecule has 0 radical (unpaired) electrons. The molecule has 0 N–H and O–H groups in total. The summed E-state index contributed by atoms with van der Waals surface area (Å²) >= 11 is 1.52. The first kappa shape index (κ1) is 11.7. The minimum atomic E-state index is 0.